The van der Waals surface area contributed by atoms with Crippen LogP contribution < -0.4 is 10.2 Å². The Morgan fingerprint density at radius 2 is 1.43 bits per heavy atom. The number of piperazine rings is 1. The quantitative estimate of drug-likeness (QED) is 0.290. The molecule has 0 radical (unpaired) electrons. The van der Waals surface area contributed by atoms with Crippen LogP contribution in [-0.4, -0.2) is 81.7 Å². The number of rotatable bonds is 7. The third-order valence-electron chi connectivity index (χ3n) is 8.60. The molecule has 3 aromatic carbocycles. The molecule has 8 heteroatoms. The van der Waals surface area contributed by atoms with Crippen LogP contribution in [-0.2, 0) is 6.54 Å². The van der Waals surface area contributed by atoms with Gasteiger partial charge in [0.2, 0.25) is 0 Å². The second-order valence-corrected chi connectivity index (χ2v) is 11.5. The lowest BCUT2D eigenvalue weighted by molar-refractivity contribution is 0.211. The molecular weight excluding hydrogens is 520 g/mol. The molecule has 42 heavy (non-hydrogen) atoms. The number of hydrogen-bond acceptors (Lipinski definition) is 7. The summed E-state index contributed by atoms with van der Waals surface area (Å²) in [7, 11) is 2.19. The number of imidazole rings is 1. The van der Waals surface area contributed by atoms with Crippen molar-refractivity contribution in [1.82, 2.24) is 29.3 Å². The van der Waals surface area contributed by atoms with Crippen molar-refractivity contribution in [2.24, 2.45) is 0 Å². The highest BCUT2D eigenvalue weighted by atomic mass is 15.2. The SMILES string of the molecule is CN1CCN(c2ccc(-c3nc(NC4CCN(Cc5ccccc5)CC4)c4ncn(-c5ccccc5)c4n3)cc2)CC1. The standard InChI is InChI=1S/C34H38N8/c1-39-20-22-41(23-21-39)29-14-12-27(13-15-29)32-37-33(31-34(38-32)42(25-35-31)30-10-6-3-7-11-30)36-28-16-18-40(19-17-28)24-26-8-4-2-5-9-26/h2-15,25,28H,16-24H2,1H3,(H,36,37,38). The van der Waals surface area contributed by atoms with Gasteiger partial charge in [0.25, 0.3) is 0 Å². The van der Waals surface area contributed by atoms with Gasteiger partial charge in [-0.3, -0.25) is 9.47 Å². The Balaban J connectivity index is 1.15. The van der Waals surface area contributed by atoms with E-state index in [1.165, 1.54) is 11.3 Å². The summed E-state index contributed by atoms with van der Waals surface area (Å²) in [5, 5.41) is 3.78. The zero-order valence-corrected chi connectivity index (χ0v) is 24.2. The number of likely N-dealkylation sites (tertiary alicyclic amines) is 1. The first-order valence-corrected chi connectivity index (χ1v) is 15.1. The number of nitrogens with zero attached hydrogens (tertiary/aromatic N) is 7. The molecule has 2 aliphatic heterocycles. The molecule has 0 saturated carbocycles. The van der Waals surface area contributed by atoms with Gasteiger partial charge in [0.05, 0.1) is 0 Å². The lowest BCUT2D eigenvalue weighted by atomic mass is 10.0. The van der Waals surface area contributed by atoms with Crippen molar-refractivity contribution in [2.75, 3.05) is 56.5 Å². The van der Waals surface area contributed by atoms with Gasteiger partial charge in [-0.1, -0.05) is 48.5 Å². The van der Waals surface area contributed by atoms with Gasteiger partial charge in [-0.2, -0.15) is 0 Å². The van der Waals surface area contributed by atoms with Crippen molar-refractivity contribution in [3.8, 4) is 17.1 Å². The summed E-state index contributed by atoms with van der Waals surface area (Å²) in [5.41, 5.74) is 6.30. The Kier molecular flexibility index (Phi) is 7.55. The molecule has 0 aliphatic carbocycles. The number of benzene rings is 3. The van der Waals surface area contributed by atoms with Crippen LogP contribution in [0.2, 0.25) is 0 Å². The number of hydrogen-bond donors (Lipinski definition) is 1. The zero-order valence-electron chi connectivity index (χ0n) is 24.2. The van der Waals surface area contributed by atoms with Gasteiger partial charge in [-0.05, 0) is 61.9 Å². The van der Waals surface area contributed by atoms with Gasteiger partial charge in [-0.25, -0.2) is 15.0 Å². The van der Waals surface area contributed by atoms with E-state index in [9.17, 15) is 0 Å². The summed E-state index contributed by atoms with van der Waals surface area (Å²) in [6.07, 6.45) is 3.99. The fourth-order valence-electron chi connectivity index (χ4n) is 6.06. The molecule has 0 unspecified atom stereocenters. The molecule has 0 spiro atoms. The fraction of sp³-hybridized carbons (Fsp3) is 0.324. The molecular formula is C34H38N8. The van der Waals surface area contributed by atoms with E-state index in [2.05, 4.69) is 98.4 Å². The predicted octanol–water partition coefficient (Wildman–Crippen LogP) is 5.31. The van der Waals surface area contributed by atoms with Gasteiger partial charge in [0.15, 0.2) is 22.8 Å². The van der Waals surface area contributed by atoms with Gasteiger partial charge in [0, 0.05) is 68.8 Å². The first-order chi connectivity index (χ1) is 20.7. The predicted molar refractivity (Wildman–Crippen MR) is 170 cm³/mol. The Bertz CT molecular complexity index is 1600. The van der Waals surface area contributed by atoms with Crippen LogP contribution in [0.15, 0.2) is 91.3 Å². The molecule has 7 rings (SSSR count). The number of piperidine rings is 1. The minimum Gasteiger partial charge on any atom is -0.369 e. The van der Waals surface area contributed by atoms with E-state index in [1.54, 1.807) is 0 Å². The maximum atomic E-state index is 5.08. The van der Waals surface area contributed by atoms with Crippen molar-refractivity contribution >= 4 is 22.7 Å². The van der Waals surface area contributed by atoms with Crippen LogP contribution in [0, 0.1) is 0 Å². The number of aromatic nitrogens is 4. The van der Waals surface area contributed by atoms with Crippen molar-refractivity contribution in [2.45, 2.75) is 25.4 Å². The average Bonchev–Trinajstić information content (AvgIpc) is 3.48. The van der Waals surface area contributed by atoms with Crippen LogP contribution in [0.3, 0.4) is 0 Å². The highest BCUT2D eigenvalue weighted by Gasteiger charge is 2.23. The molecule has 2 fully saturated rings. The van der Waals surface area contributed by atoms with E-state index >= 15 is 0 Å². The van der Waals surface area contributed by atoms with E-state index in [4.69, 9.17) is 15.0 Å². The summed E-state index contributed by atoms with van der Waals surface area (Å²) < 4.78 is 2.06. The monoisotopic (exact) mass is 558 g/mol. The molecule has 2 saturated heterocycles. The van der Waals surface area contributed by atoms with Crippen molar-refractivity contribution < 1.29 is 0 Å². The minimum atomic E-state index is 0.337. The Labute approximate surface area is 247 Å². The van der Waals surface area contributed by atoms with E-state index in [0.29, 0.717) is 11.9 Å². The fourth-order valence-corrected chi connectivity index (χ4v) is 6.06. The van der Waals surface area contributed by atoms with Gasteiger partial charge < -0.3 is 15.1 Å². The van der Waals surface area contributed by atoms with Crippen LogP contribution in [0.1, 0.15) is 18.4 Å². The smallest absolute Gasteiger partial charge is 0.170 e. The second-order valence-electron chi connectivity index (χ2n) is 11.5. The molecule has 214 valence electrons. The van der Waals surface area contributed by atoms with Crippen molar-refractivity contribution in [3.05, 3.63) is 96.8 Å². The number of nitrogens with one attached hydrogen (secondary N) is 1. The van der Waals surface area contributed by atoms with Crippen LogP contribution >= 0.6 is 0 Å². The molecule has 0 atom stereocenters. The van der Waals surface area contributed by atoms with E-state index < -0.39 is 0 Å². The summed E-state index contributed by atoms with van der Waals surface area (Å²) in [6.45, 7) is 7.39. The molecule has 2 aliphatic rings. The molecule has 0 bridgehead atoms. The molecule has 0 amide bonds. The summed E-state index contributed by atoms with van der Waals surface area (Å²) in [5.74, 6) is 1.53. The molecule has 2 aromatic heterocycles. The van der Waals surface area contributed by atoms with Crippen LogP contribution in [0.4, 0.5) is 11.5 Å². The van der Waals surface area contributed by atoms with Crippen molar-refractivity contribution in [3.63, 3.8) is 0 Å². The van der Waals surface area contributed by atoms with E-state index in [0.717, 1.165) is 86.9 Å². The number of para-hydroxylation sites is 1. The Hall–Kier alpha value is -4.27. The summed E-state index contributed by atoms with van der Waals surface area (Å²) in [4.78, 5) is 22.3. The summed E-state index contributed by atoms with van der Waals surface area (Å²) >= 11 is 0. The first-order valence-electron chi connectivity index (χ1n) is 15.1. The number of anilines is 2. The van der Waals surface area contributed by atoms with Gasteiger partial charge in [-0.15, -0.1) is 0 Å². The second kappa shape index (κ2) is 11.9. The maximum absolute atomic E-state index is 5.08. The molecule has 1 N–H and O–H groups in total. The largest absolute Gasteiger partial charge is 0.369 e. The number of fused-ring (bicyclic) bond motifs is 1. The zero-order chi connectivity index (χ0) is 28.3. The topological polar surface area (TPSA) is 65.3 Å². The Morgan fingerprint density at radius 1 is 0.738 bits per heavy atom. The normalized spacial score (nSPS) is 17.1. The lowest BCUT2D eigenvalue weighted by Crippen LogP contribution is -2.44. The van der Waals surface area contributed by atoms with Gasteiger partial charge in [0.1, 0.15) is 6.33 Å². The minimum absolute atomic E-state index is 0.337. The number of likely N-dealkylation sites (N-methyl/N-ethyl adjacent to an activating group) is 1. The highest BCUT2D eigenvalue weighted by molar-refractivity contribution is 5.86. The highest BCUT2D eigenvalue weighted by Crippen LogP contribution is 2.29. The van der Waals surface area contributed by atoms with Crippen LogP contribution in [0.25, 0.3) is 28.2 Å². The van der Waals surface area contributed by atoms with Crippen molar-refractivity contribution in [1.29, 1.82) is 0 Å². The first kappa shape index (κ1) is 26.6. The average molecular weight is 559 g/mol. The molecule has 8 nitrogen and oxygen atoms in total. The molecule has 5 aromatic rings. The molecule has 4 heterocycles. The van der Waals surface area contributed by atoms with E-state index in [1.807, 2.05) is 24.5 Å². The summed E-state index contributed by atoms with van der Waals surface area (Å²) in [6, 6.07) is 30.1. The lowest BCUT2D eigenvalue weighted by Gasteiger charge is -2.34. The van der Waals surface area contributed by atoms with Crippen LogP contribution in [0.5, 0.6) is 0 Å². The maximum Gasteiger partial charge on any atom is 0.170 e. The van der Waals surface area contributed by atoms with E-state index in [-0.39, 0.29) is 0 Å². The third-order valence-corrected chi connectivity index (χ3v) is 8.60. The van der Waals surface area contributed by atoms with Gasteiger partial charge >= 0.3 is 0 Å². The third kappa shape index (κ3) is 5.73. The Morgan fingerprint density at radius 3 is 2.14 bits per heavy atom.